The number of ether oxygens (including phenoxy) is 1. The fourth-order valence-electron chi connectivity index (χ4n) is 3.15. The lowest BCUT2D eigenvalue weighted by Crippen LogP contribution is -2.37. The summed E-state index contributed by atoms with van der Waals surface area (Å²) in [7, 11) is 0. The van der Waals surface area contributed by atoms with Crippen LogP contribution in [0.5, 0.6) is 0 Å². The first-order valence-electron chi connectivity index (χ1n) is 8.56. The van der Waals surface area contributed by atoms with E-state index in [0.717, 1.165) is 43.8 Å². The minimum Gasteiger partial charge on any atom is -0.379 e. The molecule has 0 spiro atoms. The average Bonchev–Trinajstić information content (AvgIpc) is 3.09. The van der Waals surface area contributed by atoms with Crippen molar-refractivity contribution in [1.29, 1.82) is 0 Å². The smallest absolute Gasteiger partial charge is 0.379 e. The normalized spacial score (nSPS) is 16.4. The Balaban J connectivity index is 1.59. The van der Waals surface area contributed by atoms with E-state index in [-0.39, 0.29) is 22.2 Å². The van der Waals surface area contributed by atoms with Gasteiger partial charge in [0.1, 0.15) is 0 Å². The van der Waals surface area contributed by atoms with E-state index >= 15 is 0 Å². The molecule has 0 saturated carbocycles. The first-order valence-corrected chi connectivity index (χ1v) is 8.56. The molecule has 0 radical (unpaired) electrons. The van der Waals surface area contributed by atoms with Crippen LogP contribution in [0.3, 0.4) is 0 Å². The van der Waals surface area contributed by atoms with Gasteiger partial charge in [-0.3, -0.25) is 9.69 Å². The van der Waals surface area contributed by atoms with E-state index in [1.54, 1.807) is 12.3 Å². The van der Waals surface area contributed by atoms with Gasteiger partial charge in [-0.05, 0) is 12.5 Å². The van der Waals surface area contributed by atoms with Gasteiger partial charge < -0.3 is 9.30 Å². The molecule has 1 saturated heterocycles. The Morgan fingerprint density at radius 3 is 2.70 bits per heavy atom. The predicted molar refractivity (Wildman–Crippen MR) is 89.4 cm³/mol. The Kier molecular flexibility index (Phi) is 4.56. The Hall–Kier alpha value is -2.53. The maximum absolute atomic E-state index is 12.8. The second kappa shape index (κ2) is 6.89. The fourth-order valence-corrected chi connectivity index (χ4v) is 3.15. The Labute approximate surface area is 151 Å². The molecule has 4 heterocycles. The highest BCUT2D eigenvalue weighted by Gasteiger charge is 2.36. The molecule has 0 N–H and O–H groups in total. The number of pyridine rings is 1. The second-order valence-corrected chi connectivity index (χ2v) is 6.32. The van der Waals surface area contributed by atoms with Crippen LogP contribution in [0.2, 0.25) is 0 Å². The molecule has 0 aromatic carbocycles. The van der Waals surface area contributed by atoms with Crippen LogP contribution >= 0.6 is 0 Å². The first kappa shape index (κ1) is 17.9. The van der Waals surface area contributed by atoms with Crippen LogP contribution < -0.4 is 5.56 Å². The molecule has 1 fully saturated rings. The van der Waals surface area contributed by atoms with Gasteiger partial charge >= 0.3 is 6.18 Å². The molecular weight excluding hydrogens is 365 g/mol. The van der Waals surface area contributed by atoms with Crippen molar-refractivity contribution in [2.75, 3.05) is 32.8 Å². The van der Waals surface area contributed by atoms with E-state index in [9.17, 15) is 18.0 Å². The monoisotopic (exact) mass is 382 g/mol. The summed E-state index contributed by atoms with van der Waals surface area (Å²) in [5.74, 6) is -1.48. The van der Waals surface area contributed by atoms with Gasteiger partial charge in [0.25, 0.3) is 17.2 Å². The molecule has 0 unspecified atom stereocenters. The van der Waals surface area contributed by atoms with Crippen molar-refractivity contribution in [1.82, 2.24) is 29.0 Å². The van der Waals surface area contributed by atoms with Crippen molar-refractivity contribution in [3.63, 3.8) is 0 Å². The largest absolute Gasteiger partial charge is 0.453 e. The lowest BCUT2D eigenvalue weighted by molar-refractivity contribution is -0.144. The van der Waals surface area contributed by atoms with E-state index in [1.807, 2.05) is 0 Å². The quantitative estimate of drug-likeness (QED) is 0.675. The zero-order valence-corrected chi connectivity index (χ0v) is 14.3. The van der Waals surface area contributed by atoms with Crippen LogP contribution in [0.15, 0.2) is 23.3 Å². The number of halogens is 3. The van der Waals surface area contributed by atoms with Crippen molar-refractivity contribution in [2.45, 2.75) is 19.1 Å². The number of hydrogen-bond donors (Lipinski definition) is 0. The van der Waals surface area contributed by atoms with Crippen molar-refractivity contribution < 1.29 is 17.9 Å². The van der Waals surface area contributed by atoms with Crippen LogP contribution in [0, 0.1) is 0 Å². The van der Waals surface area contributed by atoms with Crippen molar-refractivity contribution in [3.8, 4) is 0 Å². The summed E-state index contributed by atoms with van der Waals surface area (Å²) < 4.78 is 46.3. The molecule has 11 heteroatoms. The highest BCUT2D eigenvalue weighted by atomic mass is 19.4. The fraction of sp³-hybridized carbons (Fsp3) is 0.500. The SMILES string of the molecule is O=c1c2cnc3nc(C(F)(F)F)nn3c2ccn1CCCN1CCOCC1. The molecule has 1 aliphatic heterocycles. The van der Waals surface area contributed by atoms with Gasteiger partial charge in [0.2, 0.25) is 0 Å². The minimum absolute atomic E-state index is 0.195. The molecule has 144 valence electrons. The molecule has 0 aliphatic carbocycles. The molecule has 1 aliphatic rings. The maximum Gasteiger partial charge on any atom is 0.453 e. The van der Waals surface area contributed by atoms with E-state index in [1.165, 1.54) is 10.8 Å². The number of hydrogen-bond acceptors (Lipinski definition) is 6. The molecule has 0 amide bonds. The molecule has 3 aromatic heterocycles. The summed E-state index contributed by atoms with van der Waals surface area (Å²) in [6, 6.07) is 1.56. The second-order valence-electron chi connectivity index (χ2n) is 6.32. The van der Waals surface area contributed by atoms with Crippen LogP contribution in [0.25, 0.3) is 16.7 Å². The summed E-state index contributed by atoms with van der Waals surface area (Å²) in [5, 5.41) is 3.66. The molecule has 0 atom stereocenters. The predicted octanol–water partition coefficient (Wildman–Crippen LogP) is 1.18. The van der Waals surface area contributed by atoms with E-state index < -0.39 is 12.0 Å². The standard InChI is InChI=1S/C16H17F3N6O2/c17-16(18,19)14-21-15-20-10-11-12(25(15)22-14)2-5-24(13(11)26)4-1-3-23-6-8-27-9-7-23/h2,5,10H,1,3-4,6-9H2. The van der Waals surface area contributed by atoms with Gasteiger partial charge in [0.05, 0.1) is 24.1 Å². The minimum atomic E-state index is -4.67. The van der Waals surface area contributed by atoms with Gasteiger partial charge in [-0.25, -0.2) is 4.98 Å². The maximum atomic E-state index is 12.8. The van der Waals surface area contributed by atoms with Crippen molar-refractivity contribution in [2.24, 2.45) is 0 Å². The topological polar surface area (TPSA) is 77.6 Å². The first-order chi connectivity index (χ1) is 12.9. The lowest BCUT2D eigenvalue weighted by Gasteiger charge is -2.26. The third-order valence-electron chi connectivity index (χ3n) is 4.54. The van der Waals surface area contributed by atoms with Crippen LogP contribution in [-0.2, 0) is 17.5 Å². The number of nitrogens with zero attached hydrogens (tertiary/aromatic N) is 6. The van der Waals surface area contributed by atoms with Gasteiger partial charge in [0, 0.05) is 38.6 Å². The number of morpholine rings is 1. The summed E-state index contributed by atoms with van der Waals surface area (Å²) in [5.41, 5.74) is -0.0645. The van der Waals surface area contributed by atoms with Gasteiger partial charge in [0.15, 0.2) is 0 Å². The van der Waals surface area contributed by atoms with E-state index in [4.69, 9.17) is 4.74 Å². The third-order valence-corrected chi connectivity index (χ3v) is 4.54. The van der Waals surface area contributed by atoms with Gasteiger partial charge in [-0.2, -0.15) is 22.7 Å². The Bertz CT molecular complexity index is 1020. The lowest BCUT2D eigenvalue weighted by atomic mass is 10.3. The average molecular weight is 382 g/mol. The van der Waals surface area contributed by atoms with Crippen LogP contribution in [0.1, 0.15) is 12.2 Å². The summed E-state index contributed by atoms with van der Waals surface area (Å²) in [6.07, 6.45) is -1.07. The molecule has 27 heavy (non-hydrogen) atoms. The Morgan fingerprint density at radius 1 is 1.19 bits per heavy atom. The zero-order valence-electron chi connectivity index (χ0n) is 14.3. The third kappa shape index (κ3) is 3.52. The number of aromatic nitrogens is 5. The van der Waals surface area contributed by atoms with E-state index in [2.05, 4.69) is 20.0 Å². The summed E-state index contributed by atoms with van der Waals surface area (Å²) >= 11 is 0. The van der Waals surface area contributed by atoms with Crippen molar-refractivity contribution in [3.05, 3.63) is 34.6 Å². The molecule has 3 aromatic rings. The summed E-state index contributed by atoms with van der Waals surface area (Å²) in [4.78, 5) is 22.2. The number of alkyl halides is 3. The van der Waals surface area contributed by atoms with Gasteiger partial charge in [-0.1, -0.05) is 0 Å². The number of aryl methyl sites for hydroxylation is 1. The van der Waals surface area contributed by atoms with Crippen molar-refractivity contribution >= 4 is 16.7 Å². The van der Waals surface area contributed by atoms with E-state index in [0.29, 0.717) is 6.54 Å². The number of rotatable bonds is 4. The zero-order chi connectivity index (χ0) is 19.0. The molecular formula is C16H17F3N6O2. The molecule has 4 rings (SSSR count). The van der Waals surface area contributed by atoms with Crippen LogP contribution in [0.4, 0.5) is 13.2 Å². The highest BCUT2D eigenvalue weighted by molar-refractivity contribution is 5.78. The number of fused-ring (bicyclic) bond motifs is 3. The molecule has 8 nitrogen and oxygen atoms in total. The highest BCUT2D eigenvalue weighted by Crippen LogP contribution is 2.26. The summed E-state index contributed by atoms with van der Waals surface area (Å²) in [6.45, 7) is 4.55. The van der Waals surface area contributed by atoms with Gasteiger partial charge in [-0.15, -0.1) is 5.10 Å². The Morgan fingerprint density at radius 2 is 1.96 bits per heavy atom. The molecule has 0 bridgehead atoms. The van der Waals surface area contributed by atoms with Crippen LogP contribution in [-0.4, -0.2) is 61.9 Å².